The van der Waals surface area contributed by atoms with E-state index in [2.05, 4.69) is 9.97 Å². The monoisotopic (exact) mass is 149 g/mol. The summed E-state index contributed by atoms with van der Waals surface area (Å²) in [6, 6.07) is 0. The molecule has 0 amide bonds. The lowest BCUT2D eigenvalue weighted by Crippen LogP contribution is -1.91. The maximum atomic E-state index is 9.18. The summed E-state index contributed by atoms with van der Waals surface area (Å²) in [5.74, 6) is 0.0514. The molecule has 0 aliphatic carbocycles. The number of nitrogens with zero attached hydrogens (tertiary/aromatic N) is 3. The summed E-state index contributed by atoms with van der Waals surface area (Å²) < 4.78 is 1.78. The molecule has 11 heavy (non-hydrogen) atoms. The molecule has 0 saturated heterocycles. The quantitative estimate of drug-likeness (QED) is 0.601. The molecule has 0 aliphatic rings. The molecule has 0 spiro atoms. The Bertz CT molecular complexity index is 393. The first-order chi connectivity index (χ1) is 5.29. The largest absolute Gasteiger partial charge is 0.492 e. The molecule has 2 rings (SSSR count). The highest BCUT2D eigenvalue weighted by molar-refractivity contribution is 5.39. The summed E-state index contributed by atoms with van der Waals surface area (Å²) in [4.78, 5) is 7.76. The zero-order valence-electron chi connectivity index (χ0n) is 6.02. The van der Waals surface area contributed by atoms with E-state index in [-0.39, 0.29) is 5.88 Å². The van der Waals surface area contributed by atoms with Crippen molar-refractivity contribution in [1.82, 2.24) is 14.4 Å². The molecule has 4 heteroatoms. The number of aryl methyl sites for hydroxylation is 1. The predicted molar refractivity (Wildman–Crippen MR) is 39.4 cm³/mol. The third-order valence-electron chi connectivity index (χ3n) is 1.66. The van der Waals surface area contributed by atoms with Gasteiger partial charge in [0.1, 0.15) is 0 Å². The predicted octanol–water partition coefficient (Wildman–Crippen LogP) is 0.743. The van der Waals surface area contributed by atoms with Crippen LogP contribution in [0.3, 0.4) is 0 Å². The Morgan fingerprint density at radius 2 is 2.27 bits per heavy atom. The Morgan fingerprint density at radius 1 is 1.45 bits per heavy atom. The number of rotatable bonds is 0. The van der Waals surface area contributed by atoms with E-state index in [9.17, 15) is 5.11 Å². The molecule has 0 radical (unpaired) electrons. The number of aromatic nitrogens is 3. The van der Waals surface area contributed by atoms with Gasteiger partial charge in [-0.1, -0.05) is 0 Å². The van der Waals surface area contributed by atoms with Crippen LogP contribution in [-0.2, 0) is 0 Å². The molecule has 0 fully saturated rings. The lowest BCUT2D eigenvalue weighted by Gasteiger charge is -1.99. The van der Waals surface area contributed by atoms with E-state index in [0.717, 1.165) is 5.65 Å². The number of hydrogen-bond acceptors (Lipinski definition) is 3. The van der Waals surface area contributed by atoms with Crippen LogP contribution in [0.4, 0.5) is 0 Å². The van der Waals surface area contributed by atoms with Gasteiger partial charge in [-0.05, 0) is 6.92 Å². The second kappa shape index (κ2) is 1.95. The zero-order valence-corrected chi connectivity index (χ0v) is 6.02. The Morgan fingerprint density at radius 3 is 3.09 bits per heavy atom. The van der Waals surface area contributed by atoms with E-state index >= 15 is 0 Å². The van der Waals surface area contributed by atoms with E-state index in [4.69, 9.17) is 0 Å². The number of imidazole rings is 1. The highest BCUT2D eigenvalue weighted by Gasteiger charge is 2.01. The highest BCUT2D eigenvalue weighted by Crippen LogP contribution is 2.12. The fourth-order valence-corrected chi connectivity index (χ4v) is 1.01. The minimum atomic E-state index is 0.0514. The average Bonchev–Trinajstić information content (AvgIpc) is 2.45. The van der Waals surface area contributed by atoms with Crippen molar-refractivity contribution in [2.24, 2.45) is 0 Å². The molecule has 4 nitrogen and oxygen atoms in total. The number of fused-ring (bicyclic) bond motifs is 1. The van der Waals surface area contributed by atoms with E-state index in [1.165, 1.54) is 6.20 Å². The lowest BCUT2D eigenvalue weighted by molar-refractivity contribution is 0.444. The van der Waals surface area contributed by atoms with Crippen LogP contribution in [0.5, 0.6) is 5.88 Å². The molecular formula is C7H7N3O. The molecule has 0 saturated carbocycles. The van der Waals surface area contributed by atoms with E-state index < -0.39 is 0 Å². The van der Waals surface area contributed by atoms with Crippen LogP contribution in [-0.4, -0.2) is 19.5 Å². The van der Waals surface area contributed by atoms with Crippen LogP contribution >= 0.6 is 0 Å². The Kier molecular flexibility index (Phi) is 1.09. The van der Waals surface area contributed by atoms with Crippen LogP contribution in [0.1, 0.15) is 5.69 Å². The van der Waals surface area contributed by atoms with Crippen molar-refractivity contribution in [2.45, 2.75) is 6.92 Å². The fourth-order valence-electron chi connectivity index (χ4n) is 1.01. The minimum Gasteiger partial charge on any atom is -0.492 e. The van der Waals surface area contributed by atoms with E-state index in [1.807, 2.05) is 0 Å². The SMILES string of the molecule is Cc1c(O)ncc2nccn12. The van der Waals surface area contributed by atoms with Gasteiger partial charge in [-0.3, -0.25) is 4.40 Å². The molecule has 0 unspecified atom stereocenters. The molecule has 0 aliphatic heterocycles. The van der Waals surface area contributed by atoms with Crippen molar-refractivity contribution in [3.8, 4) is 5.88 Å². The third-order valence-corrected chi connectivity index (χ3v) is 1.66. The summed E-state index contributed by atoms with van der Waals surface area (Å²) in [5.41, 5.74) is 1.46. The van der Waals surface area contributed by atoms with Crippen molar-refractivity contribution in [3.05, 3.63) is 24.3 Å². The van der Waals surface area contributed by atoms with Crippen molar-refractivity contribution >= 4 is 5.65 Å². The second-order valence-electron chi connectivity index (χ2n) is 2.32. The maximum Gasteiger partial charge on any atom is 0.231 e. The zero-order chi connectivity index (χ0) is 7.84. The highest BCUT2D eigenvalue weighted by atomic mass is 16.3. The fraction of sp³-hybridized carbons (Fsp3) is 0.143. The molecule has 2 aromatic heterocycles. The van der Waals surface area contributed by atoms with Gasteiger partial charge in [-0.15, -0.1) is 0 Å². The van der Waals surface area contributed by atoms with Gasteiger partial charge in [-0.25, -0.2) is 9.97 Å². The average molecular weight is 149 g/mol. The van der Waals surface area contributed by atoms with E-state index in [0.29, 0.717) is 5.69 Å². The number of hydrogen-bond donors (Lipinski definition) is 1. The summed E-state index contributed by atoms with van der Waals surface area (Å²) in [6.45, 7) is 1.79. The first-order valence-corrected chi connectivity index (χ1v) is 3.26. The molecule has 0 aromatic carbocycles. The minimum absolute atomic E-state index is 0.0514. The van der Waals surface area contributed by atoms with Crippen molar-refractivity contribution < 1.29 is 5.11 Å². The first-order valence-electron chi connectivity index (χ1n) is 3.26. The van der Waals surface area contributed by atoms with Gasteiger partial charge in [0, 0.05) is 12.4 Å². The third kappa shape index (κ3) is 0.756. The van der Waals surface area contributed by atoms with Gasteiger partial charge in [0.25, 0.3) is 0 Å². The Hall–Kier alpha value is -1.58. The molecule has 1 N–H and O–H groups in total. The van der Waals surface area contributed by atoms with Gasteiger partial charge in [-0.2, -0.15) is 0 Å². The van der Waals surface area contributed by atoms with Crippen LogP contribution in [0, 0.1) is 6.92 Å². The van der Waals surface area contributed by atoms with Crippen LogP contribution < -0.4 is 0 Å². The van der Waals surface area contributed by atoms with Gasteiger partial charge < -0.3 is 5.11 Å². The maximum absolute atomic E-state index is 9.18. The van der Waals surface area contributed by atoms with Crippen LogP contribution in [0.25, 0.3) is 5.65 Å². The molecule has 2 aromatic rings. The summed E-state index contributed by atoms with van der Waals surface area (Å²) in [7, 11) is 0. The molecular weight excluding hydrogens is 142 g/mol. The molecule has 56 valence electrons. The Labute approximate surface area is 63.1 Å². The van der Waals surface area contributed by atoms with Crippen molar-refractivity contribution in [3.63, 3.8) is 0 Å². The second-order valence-corrected chi connectivity index (χ2v) is 2.32. The number of aromatic hydroxyl groups is 1. The summed E-state index contributed by atoms with van der Waals surface area (Å²) in [5, 5.41) is 9.18. The topological polar surface area (TPSA) is 50.4 Å². The van der Waals surface area contributed by atoms with Gasteiger partial charge in [0.2, 0.25) is 5.88 Å². The van der Waals surface area contributed by atoms with E-state index in [1.54, 1.807) is 23.7 Å². The summed E-state index contributed by atoms with van der Waals surface area (Å²) >= 11 is 0. The van der Waals surface area contributed by atoms with Crippen molar-refractivity contribution in [2.75, 3.05) is 0 Å². The van der Waals surface area contributed by atoms with Crippen molar-refractivity contribution in [1.29, 1.82) is 0 Å². The van der Waals surface area contributed by atoms with Gasteiger partial charge >= 0.3 is 0 Å². The van der Waals surface area contributed by atoms with Gasteiger partial charge in [0.15, 0.2) is 5.65 Å². The van der Waals surface area contributed by atoms with Crippen LogP contribution in [0.2, 0.25) is 0 Å². The summed E-state index contributed by atoms with van der Waals surface area (Å²) in [6.07, 6.45) is 4.98. The first kappa shape index (κ1) is 6.15. The smallest absolute Gasteiger partial charge is 0.231 e. The molecule has 0 bridgehead atoms. The van der Waals surface area contributed by atoms with Crippen LogP contribution in [0.15, 0.2) is 18.6 Å². The lowest BCUT2D eigenvalue weighted by atomic mass is 10.5. The standard InChI is InChI=1S/C7H7N3O/c1-5-7(11)9-4-6-8-2-3-10(5)6/h2-4,11H,1H3. The van der Waals surface area contributed by atoms with Gasteiger partial charge in [0.05, 0.1) is 11.9 Å². The molecule has 2 heterocycles. The normalized spacial score (nSPS) is 10.6. The Balaban J connectivity index is 2.93. The molecule has 0 atom stereocenters.